The summed E-state index contributed by atoms with van der Waals surface area (Å²) in [5, 5.41) is 10.2. The first-order valence-corrected chi connectivity index (χ1v) is 9.54. The molecular weight excluding hydrogens is 342 g/mol. The van der Waals surface area contributed by atoms with Gasteiger partial charge in [-0.05, 0) is 63.4 Å². The van der Waals surface area contributed by atoms with E-state index in [-0.39, 0.29) is 17.9 Å². The molecule has 0 amide bonds. The lowest BCUT2D eigenvalue weighted by Crippen LogP contribution is -2.26. The fourth-order valence-electron chi connectivity index (χ4n) is 2.94. The maximum absolute atomic E-state index is 12.5. The first-order chi connectivity index (χ1) is 11.7. The van der Waals surface area contributed by atoms with Crippen LogP contribution in [0.3, 0.4) is 0 Å². The molecule has 0 fully saturated rings. The van der Waals surface area contributed by atoms with Crippen LogP contribution in [0.4, 0.5) is 0 Å². The maximum Gasteiger partial charge on any atom is 0.240 e. The number of furan rings is 1. The molecule has 2 aromatic rings. The summed E-state index contributed by atoms with van der Waals surface area (Å²) in [6.07, 6.45) is -0.521. The minimum absolute atomic E-state index is 0.122. The van der Waals surface area contributed by atoms with Crippen molar-refractivity contribution in [2.24, 2.45) is 0 Å². The SMILES string of the molecule is COc1c(C)cc(S(=O)(=O)NCCC(O)c2cc(C)oc2C)cc1C. The number of aliphatic hydroxyl groups excluding tert-OH is 1. The molecule has 0 spiro atoms. The van der Waals surface area contributed by atoms with Gasteiger partial charge in [0.15, 0.2) is 0 Å². The number of benzene rings is 1. The molecule has 0 bridgehead atoms. The molecule has 0 aliphatic carbocycles. The molecule has 2 rings (SSSR count). The molecule has 7 heteroatoms. The summed E-state index contributed by atoms with van der Waals surface area (Å²) < 4.78 is 38.1. The second kappa shape index (κ2) is 7.59. The molecule has 0 radical (unpaired) electrons. The van der Waals surface area contributed by atoms with Crippen molar-refractivity contribution in [2.75, 3.05) is 13.7 Å². The summed E-state index contributed by atoms with van der Waals surface area (Å²) in [5.74, 6) is 2.05. The summed E-state index contributed by atoms with van der Waals surface area (Å²) in [6.45, 7) is 7.31. The molecule has 1 atom stereocenters. The van der Waals surface area contributed by atoms with Crippen LogP contribution in [0, 0.1) is 27.7 Å². The van der Waals surface area contributed by atoms with E-state index in [1.165, 1.54) is 0 Å². The Kier molecular flexibility index (Phi) is 5.92. The van der Waals surface area contributed by atoms with E-state index < -0.39 is 16.1 Å². The van der Waals surface area contributed by atoms with E-state index in [0.717, 1.165) is 16.9 Å². The van der Waals surface area contributed by atoms with Crippen LogP contribution in [0.25, 0.3) is 0 Å². The van der Waals surface area contributed by atoms with Crippen molar-refractivity contribution >= 4 is 10.0 Å². The van der Waals surface area contributed by atoms with E-state index in [2.05, 4.69) is 4.72 Å². The Balaban J connectivity index is 2.06. The molecule has 1 unspecified atom stereocenters. The molecule has 2 N–H and O–H groups in total. The van der Waals surface area contributed by atoms with Gasteiger partial charge in [0, 0.05) is 12.1 Å². The Labute approximate surface area is 148 Å². The van der Waals surface area contributed by atoms with Crippen molar-refractivity contribution in [1.29, 1.82) is 0 Å². The van der Waals surface area contributed by atoms with Crippen LogP contribution in [-0.2, 0) is 10.0 Å². The zero-order chi connectivity index (χ0) is 18.8. The Hall–Kier alpha value is -1.83. The number of hydrogen-bond acceptors (Lipinski definition) is 5. The molecule has 138 valence electrons. The van der Waals surface area contributed by atoms with Gasteiger partial charge >= 0.3 is 0 Å². The fraction of sp³-hybridized carbons (Fsp3) is 0.444. The molecule has 0 saturated heterocycles. The van der Waals surface area contributed by atoms with Gasteiger partial charge in [-0.15, -0.1) is 0 Å². The molecule has 0 saturated carbocycles. The highest BCUT2D eigenvalue weighted by Crippen LogP contribution is 2.27. The minimum atomic E-state index is -3.65. The van der Waals surface area contributed by atoms with Gasteiger partial charge < -0.3 is 14.3 Å². The summed E-state index contributed by atoms with van der Waals surface area (Å²) >= 11 is 0. The van der Waals surface area contributed by atoms with Gasteiger partial charge in [0.05, 0.1) is 18.1 Å². The Bertz CT molecular complexity index is 831. The van der Waals surface area contributed by atoms with Gasteiger partial charge in [-0.2, -0.15) is 0 Å². The summed E-state index contributed by atoms with van der Waals surface area (Å²) in [7, 11) is -2.09. The van der Waals surface area contributed by atoms with E-state index >= 15 is 0 Å². The van der Waals surface area contributed by atoms with Crippen LogP contribution in [0.1, 0.15) is 40.7 Å². The molecular formula is C18H25NO5S. The van der Waals surface area contributed by atoms with E-state index in [9.17, 15) is 13.5 Å². The standard InChI is InChI=1S/C18H25NO5S/c1-11-8-15(9-12(2)18(11)23-5)25(21,22)19-7-6-17(20)16-10-13(3)24-14(16)4/h8-10,17,19-20H,6-7H2,1-5H3. The Morgan fingerprint density at radius 3 is 2.24 bits per heavy atom. The molecule has 0 aliphatic heterocycles. The van der Waals surface area contributed by atoms with Crippen molar-refractivity contribution in [3.05, 3.63) is 46.4 Å². The quantitative estimate of drug-likeness (QED) is 0.785. The largest absolute Gasteiger partial charge is 0.496 e. The highest BCUT2D eigenvalue weighted by molar-refractivity contribution is 7.89. The first-order valence-electron chi connectivity index (χ1n) is 8.05. The first kappa shape index (κ1) is 19.5. The van der Waals surface area contributed by atoms with E-state index in [0.29, 0.717) is 17.1 Å². The summed E-state index contributed by atoms with van der Waals surface area (Å²) in [5.41, 5.74) is 2.20. The molecule has 1 heterocycles. The Morgan fingerprint density at radius 1 is 1.16 bits per heavy atom. The van der Waals surface area contributed by atoms with Gasteiger partial charge in [-0.25, -0.2) is 13.1 Å². The number of ether oxygens (including phenoxy) is 1. The van der Waals surface area contributed by atoms with Crippen molar-refractivity contribution in [3.8, 4) is 5.75 Å². The zero-order valence-electron chi connectivity index (χ0n) is 15.2. The van der Waals surface area contributed by atoms with E-state index in [1.54, 1.807) is 53.0 Å². The van der Waals surface area contributed by atoms with Crippen molar-refractivity contribution in [2.45, 2.75) is 45.1 Å². The minimum Gasteiger partial charge on any atom is -0.496 e. The van der Waals surface area contributed by atoms with Gasteiger partial charge in [0.1, 0.15) is 17.3 Å². The van der Waals surface area contributed by atoms with Crippen molar-refractivity contribution in [3.63, 3.8) is 0 Å². The highest BCUT2D eigenvalue weighted by Gasteiger charge is 2.19. The predicted octanol–water partition coefficient (Wildman–Crippen LogP) is 2.92. The van der Waals surface area contributed by atoms with Crippen LogP contribution < -0.4 is 9.46 Å². The average Bonchev–Trinajstić information content (AvgIpc) is 2.85. The number of rotatable bonds is 7. The van der Waals surface area contributed by atoms with Gasteiger partial charge in [0.25, 0.3) is 0 Å². The lowest BCUT2D eigenvalue weighted by atomic mass is 10.1. The molecule has 25 heavy (non-hydrogen) atoms. The summed E-state index contributed by atoms with van der Waals surface area (Å²) in [6, 6.07) is 4.92. The van der Waals surface area contributed by atoms with Gasteiger partial charge in [-0.3, -0.25) is 0 Å². The topological polar surface area (TPSA) is 88.8 Å². The number of sulfonamides is 1. The van der Waals surface area contributed by atoms with Crippen LogP contribution in [-0.4, -0.2) is 27.2 Å². The maximum atomic E-state index is 12.5. The van der Waals surface area contributed by atoms with Crippen molar-refractivity contribution in [1.82, 2.24) is 4.72 Å². The number of aliphatic hydroxyl groups is 1. The fourth-order valence-corrected chi connectivity index (χ4v) is 4.15. The predicted molar refractivity (Wildman–Crippen MR) is 95.4 cm³/mol. The van der Waals surface area contributed by atoms with E-state index in [4.69, 9.17) is 9.15 Å². The van der Waals surface area contributed by atoms with Gasteiger partial charge in [0.2, 0.25) is 10.0 Å². The normalized spacial score (nSPS) is 13.0. The number of hydrogen-bond donors (Lipinski definition) is 2. The second-order valence-corrected chi connectivity index (χ2v) is 7.93. The zero-order valence-corrected chi connectivity index (χ0v) is 16.0. The lowest BCUT2D eigenvalue weighted by Gasteiger charge is -2.14. The lowest BCUT2D eigenvalue weighted by molar-refractivity contribution is 0.167. The monoisotopic (exact) mass is 367 g/mol. The van der Waals surface area contributed by atoms with Crippen LogP contribution in [0.2, 0.25) is 0 Å². The molecule has 6 nitrogen and oxygen atoms in total. The van der Waals surface area contributed by atoms with E-state index in [1.807, 2.05) is 0 Å². The third-order valence-corrected chi connectivity index (χ3v) is 5.54. The third kappa shape index (κ3) is 4.42. The third-order valence-electron chi connectivity index (χ3n) is 4.10. The average molecular weight is 367 g/mol. The molecule has 1 aromatic carbocycles. The smallest absolute Gasteiger partial charge is 0.240 e. The number of aryl methyl sites for hydroxylation is 4. The molecule has 0 aliphatic rings. The van der Waals surface area contributed by atoms with Crippen LogP contribution in [0.15, 0.2) is 27.5 Å². The highest BCUT2D eigenvalue weighted by atomic mass is 32.2. The van der Waals surface area contributed by atoms with Gasteiger partial charge in [-0.1, -0.05) is 0 Å². The van der Waals surface area contributed by atoms with Crippen LogP contribution >= 0.6 is 0 Å². The van der Waals surface area contributed by atoms with Crippen LogP contribution in [0.5, 0.6) is 5.75 Å². The molecule has 1 aromatic heterocycles. The number of methoxy groups -OCH3 is 1. The second-order valence-electron chi connectivity index (χ2n) is 6.16. The summed E-state index contributed by atoms with van der Waals surface area (Å²) in [4.78, 5) is 0.188. The van der Waals surface area contributed by atoms with Crippen molar-refractivity contribution < 1.29 is 22.7 Å². The number of nitrogens with one attached hydrogen (secondary N) is 1. The Morgan fingerprint density at radius 2 is 1.76 bits per heavy atom.